The predicted molar refractivity (Wildman–Crippen MR) is 113 cm³/mol. The number of likely N-dealkylation sites (tertiary alicyclic amines) is 1. The summed E-state index contributed by atoms with van der Waals surface area (Å²) in [6, 6.07) is 8.11. The molecule has 1 saturated heterocycles. The number of carbonyl (C=O) groups is 1. The smallest absolute Gasteiger partial charge is 0.270 e. The van der Waals surface area contributed by atoms with Crippen molar-refractivity contribution < 1.29 is 4.79 Å². The van der Waals surface area contributed by atoms with E-state index in [4.69, 9.17) is 4.98 Å². The molecule has 3 aromatic rings. The van der Waals surface area contributed by atoms with Gasteiger partial charge in [-0.2, -0.15) is 0 Å². The zero-order valence-corrected chi connectivity index (χ0v) is 17.1. The molecule has 0 radical (unpaired) electrons. The highest BCUT2D eigenvalue weighted by molar-refractivity contribution is 5.98. The van der Waals surface area contributed by atoms with Gasteiger partial charge in [0.2, 0.25) is 0 Å². The molecule has 0 aliphatic carbocycles. The summed E-state index contributed by atoms with van der Waals surface area (Å²) in [4.78, 5) is 30.3. The first-order chi connectivity index (χ1) is 14.1. The number of fused-ring (bicyclic) bond motifs is 2. The monoisotopic (exact) mass is 389 g/mol. The number of amides is 1. The molecule has 0 spiro atoms. The molecule has 6 nitrogen and oxygen atoms in total. The summed E-state index contributed by atoms with van der Waals surface area (Å²) < 4.78 is 0. The van der Waals surface area contributed by atoms with Crippen LogP contribution in [-0.4, -0.2) is 57.3 Å². The Morgan fingerprint density at radius 2 is 2.17 bits per heavy atom. The standard InChI is InChI=1S/C23H27N5O/c1-15-5-3-7-20-18(15)11-21(25-20)23(29)28-9-4-6-16(14-28)22-24-12-17-13-27(2)10-8-19(17)26-22/h3,5,7,11-12,16,25H,4,6,8-10,13-14H2,1-2H3/t16-/m0/s1. The molecule has 6 heteroatoms. The van der Waals surface area contributed by atoms with E-state index in [0.717, 1.165) is 55.6 Å². The quantitative estimate of drug-likeness (QED) is 0.731. The third kappa shape index (κ3) is 3.42. The minimum atomic E-state index is 0.0740. The average Bonchev–Trinajstić information content (AvgIpc) is 3.19. The summed E-state index contributed by atoms with van der Waals surface area (Å²) in [5, 5.41) is 1.12. The van der Waals surface area contributed by atoms with E-state index in [0.29, 0.717) is 12.2 Å². The molecule has 150 valence electrons. The minimum absolute atomic E-state index is 0.0740. The first-order valence-corrected chi connectivity index (χ1v) is 10.5. The summed E-state index contributed by atoms with van der Waals surface area (Å²) in [6.07, 6.45) is 4.99. The number of aromatic amines is 1. The summed E-state index contributed by atoms with van der Waals surface area (Å²) in [7, 11) is 2.13. The van der Waals surface area contributed by atoms with Gasteiger partial charge in [0.05, 0.1) is 0 Å². The Labute approximate surface area is 171 Å². The Morgan fingerprint density at radius 3 is 3.03 bits per heavy atom. The number of carbonyl (C=O) groups excluding carboxylic acids is 1. The number of hydrogen-bond acceptors (Lipinski definition) is 4. The van der Waals surface area contributed by atoms with Crippen molar-refractivity contribution in [3.8, 4) is 0 Å². The lowest BCUT2D eigenvalue weighted by Crippen LogP contribution is -2.40. The SMILES string of the molecule is Cc1cccc2[nH]c(C(=O)N3CCC[C@H](c4ncc5c(n4)CCN(C)C5)C3)cc12. The number of aromatic nitrogens is 3. The number of benzene rings is 1. The summed E-state index contributed by atoms with van der Waals surface area (Å²) in [5.74, 6) is 1.19. The fraction of sp³-hybridized carbons (Fsp3) is 0.435. The van der Waals surface area contributed by atoms with Crippen LogP contribution in [-0.2, 0) is 13.0 Å². The van der Waals surface area contributed by atoms with Gasteiger partial charge < -0.3 is 14.8 Å². The van der Waals surface area contributed by atoms with Crippen LogP contribution in [0.5, 0.6) is 0 Å². The summed E-state index contributed by atoms with van der Waals surface area (Å²) in [5.41, 5.74) is 5.29. The molecule has 4 heterocycles. The highest BCUT2D eigenvalue weighted by Gasteiger charge is 2.29. The van der Waals surface area contributed by atoms with E-state index in [1.165, 1.54) is 16.8 Å². The number of hydrogen-bond donors (Lipinski definition) is 1. The van der Waals surface area contributed by atoms with E-state index < -0.39 is 0 Å². The van der Waals surface area contributed by atoms with Crippen LogP contribution in [0, 0.1) is 6.92 Å². The molecule has 1 fully saturated rings. The Kier molecular flexibility index (Phi) is 4.59. The number of piperidine rings is 1. The molecule has 2 aliphatic rings. The normalized spacial score (nSPS) is 20.1. The summed E-state index contributed by atoms with van der Waals surface area (Å²) in [6.45, 7) is 5.51. The van der Waals surface area contributed by atoms with Crippen LogP contribution < -0.4 is 0 Å². The molecule has 2 aromatic heterocycles. The van der Waals surface area contributed by atoms with Gasteiger partial charge in [0.15, 0.2) is 0 Å². The van der Waals surface area contributed by atoms with Gasteiger partial charge in [0.25, 0.3) is 5.91 Å². The van der Waals surface area contributed by atoms with E-state index in [1.54, 1.807) is 0 Å². The van der Waals surface area contributed by atoms with Crippen molar-refractivity contribution in [1.82, 2.24) is 24.8 Å². The molecule has 0 saturated carbocycles. The van der Waals surface area contributed by atoms with Gasteiger partial charge >= 0.3 is 0 Å². The summed E-state index contributed by atoms with van der Waals surface area (Å²) >= 11 is 0. The molecule has 2 aliphatic heterocycles. The number of H-pyrrole nitrogens is 1. The van der Waals surface area contributed by atoms with E-state index in [9.17, 15) is 4.79 Å². The van der Waals surface area contributed by atoms with Gasteiger partial charge in [-0.1, -0.05) is 12.1 Å². The van der Waals surface area contributed by atoms with Crippen molar-refractivity contribution in [2.45, 2.75) is 38.6 Å². The number of nitrogens with one attached hydrogen (secondary N) is 1. The highest BCUT2D eigenvalue weighted by Crippen LogP contribution is 2.28. The maximum Gasteiger partial charge on any atom is 0.270 e. The van der Waals surface area contributed by atoms with Gasteiger partial charge in [0, 0.05) is 66.9 Å². The fourth-order valence-electron chi connectivity index (χ4n) is 4.63. The molecular weight excluding hydrogens is 362 g/mol. The first-order valence-electron chi connectivity index (χ1n) is 10.5. The third-order valence-electron chi connectivity index (χ3n) is 6.33. The zero-order chi connectivity index (χ0) is 20.0. The second kappa shape index (κ2) is 7.26. The van der Waals surface area contributed by atoms with E-state index in [2.05, 4.69) is 34.9 Å². The molecule has 1 atom stereocenters. The zero-order valence-electron chi connectivity index (χ0n) is 17.1. The molecule has 1 amide bonds. The van der Waals surface area contributed by atoms with Crippen molar-refractivity contribution in [2.75, 3.05) is 26.7 Å². The molecule has 1 aromatic carbocycles. The fourth-order valence-corrected chi connectivity index (χ4v) is 4.63. The average molecular weight is 390 g/mol. The number of nitrogens with zero attached hydrogens (tertiary/aromatic N) is 4. The highest BCUT2D eigenvalue weighted by atomic mass is 16.2. The maximum absolute atomic E-state index is 13.2. The van der Waals surface area contributed by atoms with Crippen molar-refractivity contribution in [3.05, 3.63) is 58.8 Å². The molecule has 29 heavy (non-hydrogen) atoms. The lowest BCUT2D eigenvalue weighted by atomic mass is 9.96. The van der Waals surface area contributed by atoms with Crippen LogP contribution in [0.15, 0.2) is 30.5 Å². The van der Waals surface area contributed by atoms with E-state index in [-0.39, 0.29) is 11.8 Å². The number of aryl methyl sites for hydroxylation is 1. The van der Waals surface area contributed by atoms with Crippen LogP contribution in [0.4, 0.5) is 0 Å². The van der Waals surface area contributed by atoms with Gasteiger partial charge in [-0.25, -0.2) is 9.97 Å². The van der Waals surface area contributed by atoms with Crippen molar-refractivity contribution in [1.29, 1.82) is 0 Å². The van der Waals surface area contributed by atoms with Crippen molar-refractivity contribution in [2.24, 2.45) is 0 Å². The second-order valence-corrected chi connectivity index (χ2v) is 8.50. The Hall–Kier alpha value is -2.73. The van der Waals surface area contributed by atoms with Crippen molar-refractivity contribution >= 4 is 16.8 Å². The molecule has 0 unspecified atom stereocenters. The number of likely N-dealkylation sites (N-methyl/N-ethyl adjacent to an activating group) is 1. The lowest BCUT2D eigenvalue weighted by molar-refractivity contribution is 0.0699. The van der Waals surface area contributed by atoms with E-state index >= 15 is 0 Å². The van der Waals surface area contributed by atoms with Crippen LogP contribution in [0.3, 0.4) is 0 Å². The molecular formula is C23H27N5O. The van der Waals surface area contributed by atoms with Crippen molar-refractivity contribution in [3.63, 3.8) is 0 Å². The van der Waals surface area contributed by atoms with Crippen LogP contribution in [0.2, 0.25) is 0 Å². The molecule has 0 bridgehead atoms. The topological polar surface area (TPSA) is 65.1 Å². The Balaban J connectivity index is 1.36. The maximum atomic E-state index is 13.2. The molecule has 1 N–H and O–H groups in total. The van der Waals surface area contributed by atoms with E-state index in [1.807, 2.05) is 29.3 Å². The lowest BCUT2D eigenvalue weighted by Gasteiger charge is -2.32. The van der Waals surface area contributed by atoms with Gasteiger partial charge in [-0.15, -0.1) is 0 Å². The molecule has 5 rings (SSSR count). The van der Waals surface area contributed by atoms with Gasteiger partial charge in [-0.3, -0.25) is 4.79 Å². The van der Waals surface area contributed by atoms with Crippen LogP contribution in [0.25, 0.3) is 10.9 Å². The Morgan fingerprint density at radius 1 is 1.28 bits per heavy atom. The van der Waals surface area contributed by atoms with Gasteiger partial charge in [-0.05, 0) is 44.5 Å². The third-order valence-corrected chi connectivity index (χ3v) is 6.33. The second-order valence-electron chi connectivity index (χ2n) is 8.50. The minimum Gasteiger partial charge on any atom is -0.351 e. The van der Waals surface area contributed by atoms with Crippen LogP contribution in [0.1, 0.15) is 51.9 Å². The van der Waals surface area contributed by atoms with Crippen LogP contribution >= 0.6 is 0 Å². The largest absolute Gasteiger partial charge is 0.351 e. The Bertz CT molecular complexity index is 1070. The van der Waals surface area contributed by atoms with Gasteiger partial charge in [0.1, 0.15) is 11.5 Å². The number of rotatable bonds is 2. The first kappa shape index (κ1) is 18.3. The predicted octanol–water partition coefficient (Wildman–Crippen LogP) is 3.27.